The van der Waals surface area contributed by atoms with Gasteiger partial charge in [-0.25, -0.2) is 15.0 Å². The van der Waals surface area contributed by atoms with Gasteiger partial charge in [-0.1, -0.05) is 18.5 Å². The van der Waals surface area contributed by atoms with Crippen molar-refractivity contribution >= 4 is 29.3 Å². The lowest BCUT2D eigenvalue weighted by Crippen LogP contribution is -2.04. The summed E-state index contributed by atoms with van der Waals surface area (Å²) in [5.41, 5.74) is 0. The van der Waals surface area contributed by atoms with Crippen molar-refractivity contribution in [2.45, 2.75) is 23.4 Å². The molecule has 0 aliphatic heterocycles. The number of anilines is 1. The van der Waals surface area contributed by atoms with E-state index in [0.29, 0.717) is 11.0 Å². The third-order valence-electron chi connectivity index (χ3n) is 2.09. The molecule has 4 nitrogen and oxygen atoms in total. The van der Waals surface area contributed by atoms with Crippen molar-refractivity contribution in [2.24, 2.45) is 0 Å². The maximum Gasteiger partial charge on any atom is 0.223 e. The zero-order chi connectivity index (χ0) is 12.8. The summed E-state index contributed by atoms with van der Waals surface area (Å²) >= 11 is 7.48. The van der Waals surface area contributed by atoms with Crippen molar-refractivity contribution < 1.29 is 0 Å². The summed E-state index contributed by atoms with van der Waals surface area (Å²) in [5, 5.41) is 5.35. The molecule has 2 aromatic rings. The summed E-state index contributed by atoms with van der Waals surface area (Å²) in [7, 11) is 0. The molecule has 0 bridgehead atoms. The Morgan fingerprint density at radius 3 is 2.94 bits per heavy atom. The van der Waals surface area contributed by atoms with Crippen molar-refractivity contribution in [3.63, 3.8) is 0 Å². The Morgan fingerprint density at radius 2 is 2.17 bits per heavy atom. The number of hydrogen-bond acceptors (Lipinski definition) is 5. The van der Waals surface area contributed by atoms with Crippen LogP contribution in [0.25, 0.3) is 0 Å². The van der Waals surface area contributed by atoms with Gasteiger partial charge in [0.2, 0.25) is 5.95 Å². The Kier molecular flexibility index (Phi) is 4.78. The fourth-order valence-electron chi connectivity index (χ4n) is 1.27. The first-order chi connectivity index (χ1) is 8.79. The maximum absolute atomic E-state index is 6.06. The van der Waals surface area contributed by atoms with Gasteiger partial charge < -0.3 is 5.32 Å². The van der Waals surface area contributed by atoms with Gasteiger partial charge in [0.1, 0.15) is 10.1 Å². The lowest BCUT2D eigenvalue weighted by Gasteiger charge is -2.05. The van der Waals surface area contributed by atoms with Crippen LogP contribution in [0.5, 0.6) is 0 Å². The normalized spacial score (nSPS) is 10.3. The highest BCUT2D eigenvalue weighted by Crippen LogP contribution is 2.29. The maximum atomic E-state index is 6.06. The average molecular weight is 281 g/mol. The van der Waals surface area contributed by atoms with E-state index in [2.05, 4.69) is 27.2 Å². The highest BCUT2D eigenvalue weighted by molar-refractivity contribution is 7.99. The number of pyridine rings is 1. The summed E-state index contributed by atoms with van der Waals surface area (Å²) in [4.78, 5) is 12.8. The Balaban J connectivity index is 2.12. The molecule has 0 spiro atoms. The van der Waals surface area contributed by atoms with Gasteiger partial charge in [-0.3, -0.25) is 0 Å². The molecule has 2 aromatic heterocycles. The van der Waals surface area contributed by atoms with E-state index in [4.69, 9.17) is 11.6 Å². The minimum atomic E-state index is 0.629. The lowest BCUT2D eigenvalue weighted by atomic mass is 10.5. The molecule has 0 saturated carbocycles. The van der Waals surface area contributed by atoms with E-state index in [1.807, 2.05) is 12.1 Å². The van der Waals surface area contributed by atoms with Gasteiger partial charge in [0, 0.05) is 18.9 Å². The molecule has 0 amide bonds. The minimum absolute atomic E-state index is 0.629. The van der Waals surface area contributed by atoms with Crippen LogP contribution < -0.4 is 5.32 Å². The summed E-state index contributed by atoms with van der Waals surface area (Å²) in [6, 6.07) is 5.46. The molecule has 1 N–H and O–H groups in total. The third kappa shape index (κ3) is 3.58. The molecule has 0 aromatic carbocycles. The van der Waals surface area contributed by atoms with Gasteiger partial charge >= 0.3 is 0 Å². The Hall–Kier alpha value is -1.33. The standard InChI is InChI=1S/C12H13ClN4S/c1-2-6-15-12-16-8-5-10(17-12)18-11-9(13)4-3-7-14-11/h3-5,7-8H,2,6H2,1H3,(H,15,16,17). The van der Waals surface area contributed by atoms with Gasteiger partial charge in [-0.15, -0.1) is 0 Å². The molecule has 0 unspecified atom stereocenters. The third-order valence-corrected chi connectivity index (χ3v) is 3.46. The molecular weight excluding hydrogens is 268 g/mol. The van der Waals surface area contributed by atoms with E-state index in [-0.39, 0.29) is 0 Å². The second-order valence-electron chi connectivity index (χ2n) is 3.54. The zero-order valence-electron chi connectivity index (χ0n) is 9.93. The van der Waals surface area contributed by atoms with Crippen molar-refractivity contribution in [1.29, 1.82) is 0 Å². The molecule has 0 saturated heterocycles. The van der Waals surface area contributed by atoms with Crippen LogP contribution in [0.1, 0.15) is 13.3 Å². The number of hydrogen-bond donors (Lipinski definition) is 1. The number of nitrogens with zero attached hydrogens (tertiary/aromatic N) is 3. The van der Waals surface area contributed by atoms with Crippen LogP contribution in [0, 0.1) is 0 Å². The van der Waals surface area contributed by atoms with Crippen LogP contribution in [0.15, 0.2) is 40.6 Å². The first kappa shape index (κ1) is 13.1. The summed E-state index contributed by atoms with van der Waals surface area (Å²) in [5.74, 6) is 0.633. The number of nitrogens with one attached hydrogen (secondary N) is 1. The monoisotopic (exact) mass is 280 g/mol. The Bertz CT molecular complexity index is 521. The highest BCUT2D eigenvalue weighted by atomic mass is 35.5. The van der Waals surface area contributed by atoms with Crippen molar-refractivity contribution in [2.75, 3.05) is 11.9 Å². The van der Waals surface area contributed by atoms with Crippen molar-refractivity contribution in [3.05, 3.63) is 35.6 Å². The molecule has 2 heterocycles. The van der Waals surface area contributed by atoms with Crippen molar-refractivity contribution in [1.82, 2.24) is 15.0 Å². The molecule has 6 heteroatoms. The summed E-state index contributed by atoms with van der Waals surface area (Å²) < 4.78 is 0. The van der Waals surface area contributed by atoms with E-state index in [1.165, 1.54) is 11.8 Å². The summed E-state index contributed by atoms with van der Waals surface area (Å²) in [6.07, 6.45) is 4.47. The Labute approximate surface area is 115 Å². The van der Waals surface area contributed by atoms with Crippen LogP contribution in [0.2, 0.25) is 5.02 Å². The predicted molar refractivity (Wildman–Crippen MR) is 74.2 cm³/mol. The number of halogens is 1. The first-order valence-electron chi connectivity index (χ1n) is 5.65. The molecule has 0 fully saturated rings. The topological polar surface area (TPSA) is 50.7 Å². The van der Waals surface area contributed by atoms with E-state index < -0.39 is 0 Å². The van der Waals surface area contributed by atoms with Gasteiger partial charge in [0.15, 0.2) is 0 Å². The molecule has 0 aliphatic rings. The Morgan fingerprint density at radius 1 is 1.28 bits per heavy atom. The number of aromatic nitrogens is 3. The quantitative estimate of drug-likeness (QED) is 0.850. The van der Waals surface area contributed by atoms with Crippen LogP contribution in [-0.2, 0) is 0 Å². The van der Waals surface area contributed by atoms with Crippen molar-refractivity contribution in [3.8, 4) is 0 Å². The van der Waals surface area contributed by atoms with Gasteiger partial charge in [-0.2, -0.15) is 0 Å². The molecule has 18 heavy (non-hydrogen) atoms. The van der Waals surface area contributed by atoms with Crippen LogP contribution in [0.4, 0.5) is 5.95 Å². The second kappa shape index (κ2) is 6.56. The second-order valence-corrected chi connectivity index (χ2v) is 4.95. The van der Waals surface area contributed by atoms with Crippen LogP contribution >= 0.6 is 23.4 Å². The zero-order valence-corrected chi connectivity index (χ0v) is 11.5. The summed E-state index contributed by atoms with van der Waals surface area (Å²) in [6.45, 7) is 2.96. The smallest absolute Gasteiger partial charge is 0.223 e. The van der Waals surface area contributed by atoms with E-state index in [0.717, 1.165) is 23.0 Å². The molecule has 0 atom stereocenters. The van der Waals surface area contributed by atoms with Gasteiger partial charge in [-0.05, 0) is 36.4 Å². The molecular formula is C12H13ClN4S. The van der Waals surface area contributed by atoms with Crippen LogP contribution in [0.3, 0.4) is 0 Å². The predicted octanol–water partition coefficient (Wildman–Crippen LogP) is 3.50. The lowest BCUT2D eigenvalue weighted by molar-refractivity contribution is 0.934. The number of rotatable bonds is 5. The molecule has 94 valence electrons. The first-order valence-corrected chi connectivity index (χ1v) is 6.84. The fourth-order valence-corrected chi connectivity index (χ4v) is 2.24. The van der Waals surface area contributed by atoms with Gasteiger partial charge in [0.25, 0.3) is 0 Å². The van der Waals surface area contributed by atoms with Crippen LogP contribution in [-0.4, -0.2) is 21.5 Å². The van der Waals surface area contributed by atoms with E-state index >= 15 is 0 Å². The molecule has 0 aliphatic carbocycles. The SMILES string of the molecule is CCCNc1nccc(Sc2ncccc2Cl)n1. The highest BCUT2D eigenvalue weighted by Gasteiger charge is 2.05. The molecule has 2 rings (SSSR count). The van der Waals surface area contributed by atoms with E-state index in [9.17, 15) is 0 Å². The largest absolute Gasteiger partial charge is 0.354 e. The van der Waals surface area contributed by atoms with E-state index in [1.54, 1.807) is 18.5 Å². The fraction of sp³-hybridized carbons (Fsp3) is 0.250. The minimum Gasteiger partial charge on any atom is -0.354 e. The molecule has 0 radical (unpaired) electrons. The van der Waals surface area contributed by atoms with Gasteiger partial charge in [0.05, 0.1) is 5.02 Å². The average Bonchev–Trinajstić information content (AvgIpc) is 2.40.